The van der Waals surface area contributed by atoms with Crippen LogP contribution >= 0.6 is 11.6 Å². The first-order valence-corrected chi connectivity index (χ1v) is 6.61. The van der Waals surface area contributed by atoms with Crippen molar-refractivity contribution < 1.29 is 4.39 Å². The van der Waals surface area contributed by atoms with Gasteiger partial charge in [-0.2, -0.15) is 4.39 Å². The molecule has 2 aromatic rings. The summed E-state index contributed by atoms with van der Waals surface area (Å²) in [4.78, 5) is 25.4. The molecule has 0 saturated heterocycles. The normalized spacial score (nSPS) is 12.3. The van der Waals surface area contributed by atoms with Crippen LogP contribution in [0, 0.1) is 5.82 Å². The summed E-state index contributed by atoms with van der Waals surface area (Å²) in [7, 11) is 0. The second kappa shape index (κ2) is 6.05. The topological polar surface area (TPSA) is 54.9 Å². The second-order valence-corrected chi connectivity index (χ2v) is 4.99. The van der Waals surface area contributed by atoms with Gasteiger partial charge in [0.1, 0.15) is 0 Å². The fraction of sp³-hybridized carbons (Fsp3) is 0.286. The van der Waals surface area contributed by atoms with Gasteiger partial charge in [-0.3, -0.25) is 14.3 Å². The molecule has 0 fully saturated rings. The molecule has 0 aliphatic heterocycles. The summed E-state index contributed by atoms with van der Waals surface area (Å²) in [6.45, 7) is 2.12. The Hall–Kier alpha value is -1.88. The first-order chi connectivity index (χ1) is 9.50. The molecular formula is C14H14ClFN2O2. The maximum absolute atomic E-state index is 13.4. The molecule has 4 nitrogen and oxygen atoms in total. The molecule has 1 aromatic heterocycles. The Bertz CT molecular complexity index is 709. The van der Waals surface area contributed by atoms with Crippen molar-refractivity contribution in [1.29, 1.82) is 0 Å². The largest absolute Gasteiger partial charge is 0.329 e. The van der Waals surface area contributed by atoms with E-state index in [1.54, 1.807) is 0 Å². The SMILES string of the molecule is CC(CCn1c(=O)[nH]c(Cl)c(F)c1=O)c1ccccc1. The van der Waals surface area contributed by atoms with Gasteiger partial charge < -0.3 is 0 Å². The van der Waals surface area contributed by atoms with E-state index in [1.165, 1.54) is 0 Å². The smallest absolute Gasteiger partial charge is 0.295 e. The summed E-state index contributed by atoms with van der Waals surface area (Å²) in [6, 6.07) is 9.71. The molecule has 1 N–H and O–H groups in total. The van der Waals surface area contributed by atoms with Crippen LogP contribution < -0.4 is 11.2 Å². The van der Waals surface area contributed by atoms with Crippen LogP contribution in [0.2, 0.25) is 5.15 Å². The number of aromatic nitrogens is 2. The molecule has 0 bridgehead atoms. The fourth-order valence-corrected chi connectivity index (χ4v) is 2.16. The summed E-state index contributed by atoms with van der Waals surface area (Å²) in [5.41, 5.74) is -0.577. The Balaban J connectivity index is 2.18. The highest BCUT2D eigenvalue weighted by atomic mass is 35.5. The van der Waals surface area contributed by atoms with Gasteiger partial charge in [0.2, 0.25) is 5.82 Å². The van der Waals surface area contributed by atoms with Crippen molar-refractivity contribution >= 4 is 11.6 Å². The quantitative estimate of drug-likeness (QED) is 0.882. The fourth-order valence-electron chi connectivity index (χ4n) is 1.99. The average Bonchev–Trinajstić information content (AvgIpc) is 2.45. The van der Waals surface area contributed by atoms with Gasteiger partial charge in [-0.1, -0.05) is 48.9 Å². The highest BCUT2D eigenvalue weighted by Crippen LogP contribution is 2.18. The summed E-state index contributed by atoms with van der Waals surface area (Å²) >= 11 is 5.41. The molecule has 1 aromatic carbocycles. The lowest BCUT2D eigenvalue weighted by Crippen LogP contribution is -2.37. The van der Waals surface area contributed by atoms with Gasteiger partial charge in [0.25, 0.3) is 5.56 Å². The van der Waals surface area contributed by atoms with Gasteiger partial charge in [-0.05, 0) is 17.9 Å². The van der Waals surface area contributed by atoms with E-state index in [0.717, 1.165) is 10.1 Å². The van der Waals surface area contributed by atoms with E-state index in [4.69, 9.17) is 11.6 Å². The molecule has 1 atom stereocenters. The van der Waals surface area contributed by atoms with Gasteiger partial charge in [0.15, 0.2) is 5.15 Å². The average molecular weight is 297 g/mol. The number of rotatable bonds is 4. The first-order valence-electron chi connectivity index (χ1n) is 6.23. The zero-order valence-electron chi connectivity index (χ0n) is 10.9. The van der Waals surface area contributed by atoms with Crippen LogP contribution in [0.1, 0.15) is 24.8 Å². The number of benzene rings is 1. The van der Waals surface area contributed by atoms with E-state index < -0.39 is 22.2 Å². The Morgan fingerprint density at radius 3 is 2.60 bits per heavy atom. The van der Waals surface area contributed by atoms with Crippen LogP contribution in [0.15, 0.2) is 39.9 Å². The van der Waals surface area contributed by atoms with E-state index in [2.05, 4.69) is 4.98 Å². The monoisotopic (exact) mass is 296 g/mol. The number of nitrogens with one attached hydrogen (secondary N) is 1. The minimum Gasteiger partial charge on any atom is -0.295 e. The molecule has 0 aliphatic carbocycles. The van der Waals surface area contributed by atoms with Crippen LogP contribution in [0.5, 0.6) is 0 Å². The minimum absolute atomic E-state index is 0.137. The Morgan fingerprint density at radius 1 is 1.30 bits per heavy atom. The Morgan fingerprint density at radius 2 is 1.95 bits per heavy atom. The van der Waals surface area contributed by atoms with Crippen molar-refractivity contribution in [2.45, 2.75) is 25.8 Å². The van der Waals surface area contributed by atoms with Crippen LogP contribution in [0.4, 0.5) is 4.39 Å². The highest BCUT2D eigenvalue weighted by Gasteiger charge is 2.13. The van der Waals surface area contributed by atoms with Crippen molar-refractivity contribution in [3.63, 3.8) is 0 Å². The van der Waals surface area contributed by atoms with Crippen molar-refractivity contribution in [2.24, 2.45) is 0 Å². The third-order valence-corrected chi connectivity index (χ3v) is 3.50. The third kappa shape index (κ3) is 2.99. The number of nitrogens with zero attached hydrogens (tertiary/aromatic N) is 1. The molecule has 0 amide bonds. The van der Waals surface area contributed by atoms with Gasteiger partial charge in [0, 0.05) is 6.54 Å². The summed E-state index contributed by atoms with van der Waals surface area (Å²) in [5, 5.41) is -0.549. The molecule has 1 heterocycles. The van der Waals surface area contributed by atoms with Crippen molar-refractivity contribution in [2.75, 3.05) is 0 Å². The molecule has 20 heavy (non-hydrogen) atoms. The van der Waals surface area contributed by atoms with E-state index in [9.17, 15) is 14.0 Å². The lowest BCUT2D eigenvalue weighted by molar-refractivity contribution is 0.504. The number of hydrogen-bond acceptors (Lipinski definition) is 2. The second-order valence-electron chi connectivity index (χ2n) is 4.62. The standard InChI is InChI=1S/C14H14ClFN2O2/c1-9(10-5-3-2-4-6-10)7-8-18-13(19)11(16)12(15)17-14(18)20/h2-6,9H,7-8H2,1H3,(H,17,20). The van der Waals surface area contributed by atoms with E-state index in [-0.39, 0.29) is 12.5 Å². The van der Waals surface area contributed by atoms with Crippen LogP contribution in [-0.4, -0.2) is 9.55 Å². The molecule has 0 aliphatic rings. The van der Waals surface area contributed by atoms with Crippen molar-refractivity contribution in [3.05, 3.63) is 67.7 Å². The maximum atomic E-state index is 13.4. The predicted molar refractivity (Wildman–Crippen MR) is 75.8 cm³/mol. The molecule has 106 valence electrons. The number of hydrogen-bond donors (Lipinski definition) is 1. The lowest BCUT2D eigenvalue weighted by Gasteiger charge is -2.12. The molecular weight excluding hydrogens is 283 g/mol. The summed E-state index contributed by atoms with van der Waals surface area (Å²) in [6.07, 6.45) is 0.550. The number of halogens is 2. The third-order valence-electron chi connectivity index (χ3n) is 3.24. The number of H-pyrrole nitrogens is 1. The van der Waals surface area contributed by atoms with Crippen molar-refractivity contribution in [1.82, 2.24) is 9.55 Å². The number of aromatic amines is 1. The van der Waals surface area contributed by atoms with Crippen molar-refractivity contribution in [3.8, 4) is 0 Å². The van der Waals surface area contributed by atoms with E-state index in [0.29, 0.717) is 6.42 Å². The lowest BCUT2D eigenvalue weighted by atomic mass is 9.98. The maximum Gasteiger partial charge on any atom is 0.329 e. The first kappa shape index (κ1) is 14.5. The van der Waals surface area contributed by atoms with Gasteiger partial charge >= 0.3 is 5.69 Å². The van der Waals surface area contributed by atoms with E-state index >= 15 is 0 Å². The zero-order chi connectivity index (χ0) is 14.7. The molecule has 6 heteroatoms. The molecule has 0 spiro atoms. The minimum atomic E-state index is -1.13. The molecule has 0 saturated carbocycles. The molecule has 1 unspecified atom stereocenters. The van der Waals surface area contributed by atoms with Crippen LogP contribution in [0.3, 0.4) is 0 Å². The Labute approximate surface area is 119 Å². The molecule has 0 radical (unpaired) electrons. The van der Waals surface area contributed by atoms with Crippen LogP contribution in [-0.2, 0) is 6.54 Å². The predicted octanol–water partition coefficient (Wildman–Crippen LogP) is 2.52. The zero-order valence-corrected chi connectivity index (χ0v) is 11.7. The van der Waals surface area contributed by atoms with Crippen LogP contribution in [0.25, 0.3) is 0 Å². The van der Waals surface area contributed by atoms with Gasteiger partial charge in [-0.25, -0.2) is 4.79 Å². The highest BCUT2D eigenvalue weighted by molar-refractivity contribution is 6.29. The summed E-state index contributed by atoms with van der Waals surface area (Å²) < 4.78 is 14.2. The summed E-state index contributed by atoms with van der Waals surface area (Å²) in [5.74, 6) is -0.972. The Kier molecular flexibility index (Phi) is 4.39. The van der Waals surface area contributed by atoms with Gasteiger partial charge in [0.05, 0.1) is 0 Å². The van der Waals surface area contributed by atoms with Gasteiger partial charge in [-0.15, -0.1) is 0 Å². The molecule has 2 rings (SSSR count). The van der Waals surface area contributed by atoms with E-state index in [1.807, 2.05) is 37.3 Å².